The largest absolute Gasteiger partial charge is 0.465 e. The molecule has 0 heterocycles. The van der Waals surface area contributed by atoms with Crippen LogP contribution in [0, 0.1) is 0 Å². The molecule has 1 aliphatic rings. The second kappa shape index (κ2) is 6.59. The lowest BCUT2D eigenvalue weighted by Gasteiger charge is -2.26. The average Bonchev–Trinajstić information content (AvgIpc) is 3.09. The van der Waals surface area contributed by atoms with Gasteiger partial charge in [-0.25, -0.2) is 0 Å². The number of amides is 1. The Kier molecular flexibility index (Phi) is 5.41. The van der Waals surface area contributed by atoms with Crippen molar-refractivity contribution < 1.29 is 14.3 Å². The Hall–Kier alpha value is -1.10. The van der Waals surface area contributed by atoms with E-state index in [0.717, 1.165) is 12.8 Å². The number of carbonyl (C=O) groups is 2. The number of rotatable bonds is 7. The normalized spacial score (nSPS) is 16.7. The van der Waals surface area contributed by atoms with Crippen LogP contribution in [-0.2, 0) is 14.3 Å². The van der Waals surface area contributed by atoms with E-state index in [1.54, 1.807) is 6.92 Å². The molecule has 0 aliphatic heterocycles. The highest BCUT2D eigenvalue weighted by atomic mass is 16.5. The van der Waals surface area contributed by atoms with Crippen molar-refractivity contribution in [2.24, 2.45) is 0 Å². The Labute approximate surface area is 102 Å². The van der Waals surface area contributed by atoms with E-state index >= 15 is 0 Å². The zero-order valence-corrected chi connectivity index (χ0v) is 10.9. The topological polar surface area (TPSA) is 58.6 Å². The summed E-state index contributed by atoms with van der Waals surface area (Å²) < 4.78 is 4.93. The third-order valence-electron chi connectivity index (χ3n) is 2.86. The molecule has 1 saturated carbocycles. The standard InChI is InChI=1S/C12H22N2O3/c1-4-13-12(16)9(3)14(10-6-7-10)8-11(15)17-5-2/h9-10H,4-8H2,1-3H3,(H,13,16). The van der Waals surface area contributed by atoms with Gasteiger partial charge in [-0.3, -0.25) is 14.5 Å². The van der Waals surface area contributed by atoms with Crippen molar-refractivity contribution in [1.82, 2.24) is 10.2 Å². The lowest BCUT2D eigenvalue weighted by Crippen LogP contribution is -2.48. The van der Waals surface area contributed by atoms with E-state index in [9.17, 15) is 9.59 Å². The molecule has 0 aromatic heterocycles. The van der Waals surface area contributed by atoms with Crippen LogP contribution < -0.4 is 5.32 Å². The first kappa shape index (κ1) is 14.0. The molecule has 5 nitrogen and oxygen atoms in total. The third-order valence-corrected chi connectivity index (χ3v) is 2.86. The van der Waals surface area contributed by atoms with E-state index in [4.69, 9.17) is 4.74 Å². The number of carbonyl (C=O) groups excluding carboxylic acids is 2. The summed E-state index contributed by atoms with van der Waals surface area (Å²) in [7, 11) is 0. The Morgan fingerprint density at radius 1 is 1.41 bits per heavy atom. The number of hydrogen-bond acceptors (Lipinski definition) is 4. The summed E-state index contributed by atoms with van der Waals surface area (Å²) in [5.41, 5.74) is 0. The number of ether oxygens (including phenoxy) is 1. The lowest BCUT2D eigenvalue weighted by atomic mass is 10.2. The predicted octanol–water partition coefficient (Wildman–Crippen LogP) is 0.539. The maximum absolute atomic E-state index is 11.8. The minimum atomic E-state index is -0.271. The lowest BCUT2D eigenvalue weighted by molar-refractivity contribution is -0.145. The van der Waals surface area contributed by atoms with Gasteiger partial charge in [0.2, 0.25) is 5.91 Å². The van der Waals surface area contributed by atoms with E-state index in [1.165, 1.54) is 0 Å². The summed E-state index contributed by atoms with van der Waals surface area (Å²) in [6.45, 7) is 6.71. The van der Waals surface area contributed by atoms with Crippen molar-refractivity contribution in [3.63, 3.8) is 0 Å². The van der Waals surface area contributed by atoms with E-state index < -0.39 is 0 Å². The highest BCUT2D eigenvalue weighted by molar-refractivity contribution is 5.82. The van der Waals surface area contributed by atoms with Gasteiger partial charge in [-0.15, -0.1) is 0 Å². The number of likely N-dealkylation sites (N-methyl/N-ethyl adjacent to an activating group) is 1. The molecule has 1 amide bonds. The number of hydrogen-bond donors (Lipinski definition) is 1. The van der Waals surface area contributed by atoms with Gasteiger partial charge in [0.15, 0.2) is 0 Å². The van der Waals surface area contributed by atoms with E-state index in [0.29, 0.717) is 19.2 Å². The molecule has 1 fully saturated rings. The molecule has 1 atom stereocenters. The van der Waals surface area contributed by atoms with Crippen LogP contribution in [-0.4, -0.2) is 48.6 Å². The van der Waals surface area contributed by atoms with Gasteiger partial charge in [-0.2, -0.15) is 0 Å². The second-order valence-corrected chi connectivity index (χ2v) is 4.28. The van der Waals surface area contributed by atoms with Crippen molar-refractivity contribution >= 4 is 11.9 Å². The van der Waals surface area contributed by atoms with Crippen molar-refractivity contribution in [2.75, 3.05) is 19.7 Å². The summed E-state index contributed by atoms with van der Waals surface area (Å²) in [5.74, 6) is -0.278. The summed E-state index contributed by atoms with van der Waals surface area (Å²) in [5, 5.41) is 2.78. The van der Waals surface area contributed by atoms with Crippen LogP contribution in [0.5, 0.6) is 0 Å². The van der Waals surface area contributed by atoms with Gasteiger partial charge in [0.25, 0.3) is 0 Å². The maximum atomic E-state index is 11.8. The predicted molar refractivity (Wildman–Crippen MR) is 64.5 cm³/mol. The molecule has 5 heteroatoms. The molecular formula is C12H22N2O3. The molecular weight excluding hydrogens is 220 g/mol. The minimum absolute atomic E-state index is 0.0244. The van der Waals surface area contributed by atoms with Crippen LogP contribution in [0.3, 0.4) is 0 Å². The van der Waals surface area contributed by atoms with E-state index in [1.807, 2.05) is 18.7 Å². The van der Waals surface area contributed by atoms with Gasteiger partial charge in [0, 0.05) is 12.6 Å². The van der Waals surface area contributed by atoms with Gasteiger partial charge < -0.3 is 10.1 Å². The monoisotopic (exact) mass is 242 g/mol. The summed E-state index contributed by atoms with van der Waals surface area (Å²) >= 11 is 0. The third kappa shape index (κ3) is 4.34. The first-order valence-corrected chi connectivity index (χ1v) is 6.29. The molecule has 1 N–H and O–H groups in total. The maximum Gasteiger partial charge on any atom is 0.320 e. The molecule has 0 aromatic carbocycles. The molecule has 1 unspecified atom stereocenters. The zero-order chi connectivity index (χ0) is 12.8. The van der Waals surface area contributed by atoms with Crippen molar-refractivity contribution in [3.8, 4) is 0 Å². The molecule has 0 radical (unpaired) electrons. The average molecular weight is 242 g/mol. The molecule has 1 aliphatic carbocycles. The van der Waals surface area contributed by atoms with Crippen molar-refractivity contribution in [2.45, 2.75) is 45.7 Å². The quantitative estimate of drug-likeness (QED) is 0.662. The fourth-order valence-corrected chi connectivity index (χ4v) is 1.82. The number of esters is 1. The smallest absolute Gasteiger partial charge is 0.320 e. The summed E-state index contributed by atoms with van der Waals surface area (Å²) in [6, 6.07) is 0.0869. The van der Waals surface area contributed by atoms with E-state index in [-0.39, 0.29) is 24.5 Å². The highest BCUT2D eigenvalue weighted by Gasteiger charge is 2.36. The number of nitrogens with one attached hydrogen (secondary N) is 1. The van der Waals surface area contributed by atoms with Gasteiger partial charge in [0.05, 0.1) is 19.2 Å². The van der Waals surface area contributed by atoms with Crippen LogP contribution in [0.15, 0.2) is 0 Å². The van der Waals surface area contributed by atoms with Crippen LogP contribution in [0.4, 0.5) is 0 Å². The van der Waals surface area contributed by atoms with Crippen molar-refractivity contribution in [3.05, 3.63) is 0 Å². The molecule has 0 saturated heterocycles. The van der Waals surface area contributed by atoms with Gasteiger partial charge in [0.1, 0.15) is 0 Å². The summed E-state index contributed by atoms with van der Waals surface area (Å²) in [6.07, 6.45) is 2.12. The Morgan fingerprint density at radius 2 is 2.06 bits per heavy atom. The van der Waals surface area contributed by atoms with Gasteiger partial charge in [-0.05, 0) is 33.6 Å². The first-order chi connectivity index (χ1) is 8.10. The first-order valence-electron chi connectivity index (χ1n) is 6.29. The van der Waals surface area contributed by atoms with E-state index in [2.05, 4.69) is 5.32 Å². The molecule has 0 bridgehead atoms. The fourth-order valence-electron chi connectivity index (χ4n) is 1.82. The van der Waals surface area contributed by atoms with Crippen LogP contribution in [0.2, 0.25) is 0 Å². The molecule has 17 heavy (non-hydrogen) atoms. The minimum Gasteiger partial charge on any atom is -0.465 e. The SMILES string of the molecule is CCNC(=O)C(C)N(CC(=O)OCC)C1CC1. The van der Waals surface area contributed by atoms with Crippen LogP contribution >= 0.6 is 0 Å². The molecule has 0 spiro atoms. The fraction of sp³-hybridized carbons (Fsp3) is 0.833. The van der Waals surface area contributed by atoms with Crippen molar-refractivity contribution in [1.29, 1.82) is 0 Å². The highest BCUT2D eigenvalue weighted by Crippen LogP contribution is 2.28. The number of nitrogens with zero attached hydrogens (tertiary/aromatic N) is 1. The zero-order valence-electron chi connectivity index (χ0n) is 10.9. The van der Waals surface area contributed by atoms with Gasteiger partial charge >= 0.3 is 5.97 Å². The Bertz CT molecular complexity index is 277. The Balaban J connectivity index is 2.52. The summed E-state index contributed by atoms with van der Waals surface area (Å²) in [4.78, 5) is 25.2. The van der Waals surface area contributed by atoms with Crippen LogP contribution in [0.1, 0.15) is 33.6 Å². The van der Waals surface area contributed by atoms with Crippen LogP contribution in [0.25, 0.3) is 0 Å². The molecule has 0 aromatic rings. The second-order valence-electron chi connectivity index (χ2n) is 4.28. The van der Waals surface area contributed by atoms with Gasteiger partial charge in [-0.1, -0.05) is 0 Å². The Morgan fingerprint density at radius 3 is 2.53 bits per heavy atom. The molecule has 98 valence electrons. The molecule has 1 rings (SSSR count).